The Kier molecular flexibility index (Phi) is 3.75. The smallest absolute Gasteiger partial charge is 0.0819 e. The standard InChI is InChI=1S/C18H21NO/c20-18(12-6-7-13-18)14-19-17-11-5-4-10-16(17)15-8-2-1-3-9-15/h1-5,8-11,19-20H,6-7,12-14H2. The van der Waals surface area contributed by atoms with Gasteiger partial charge in [0.2, 0.25) is 0 Å². The van der Waals surface area contributed by atoms with Gasteiger partial charge in [-0.3, -0.25) is 0 Å². The van der Waals surface area contributed by atoms with Crippen LogP contribution in [0.2, 0.25) is 0 Å². The van der Waals surface area contributed by atoms with Crippen LogP contribution in [0.3, 0.4) is 0 Å². The predicted molar refractivity (Wildman–Crippen MR) is 83.8 cm³/mol. The molecule has 3 rings (SSSR count). The fraction of sp³-hybridized carbons (Fsp3) is 0.333. The summed E-state index contributed by atoms with van der Waals surface area (Å²) in [6.07, 6.45) is 4.10. The van der Waals surface area contributed by atoms with Crippen LogP contribution in [0.4, 0.5) is 5.69 Å². The van der Waals surface area contributed by atoms with Gasteiger partial charge in [0.15, 0.2) is 0 Å². The summed E-state index contributed by atoms with van der Waals surface area (Å²) in [4.78, 5) is 0. The molecular weight excluding hydrogens is 246 g/mol. The molecule has 1 aliphatic carbocycles. The lowest BCUT2D eigenvalue weighted by molar-refractivity contribution is 0.0615. The Morgan fingerprint density at radius 1 is 0.900 bits per heavy atom. The highest BCUT2D eigenvalue weighted by Crippen LogP contribution is 2.32. The van der Waals surface area contributed by atoms with Gasteiger partial charge in [0.25, 0.3) is 0 Å². The zero-order valence-corrected chi connectivity index (χ0v) is 11.7. The zero-order valence-electron chi connectivity index (χ0n) is 11.7. The molecule has 0 unspecified atom stereocenters. The molecule has 0 amide bonds. The van der Waals surface area contributed by atoms with Crippen LogP contribution in [0.5, 0.6) is 0 Å². The largest absolute Gasteiger partial charge is 0.388 e. The molecule has 1 fully saturated rings. The predicted octanol–water partition coefficient (Wildman–Crippen LogP) is 4.07. The maximum atomic E-state index is 10.5. The number of rotatable bonds is 4. The van der Waals surface area contributed by atoms with Crippen LogP contribution in [0.25, 0.3) is 11.1 Å². The third-order valence-electron chi connectivity index (χ3n) is 4.15. The summed E-state index contributed by atoms with van der Waals surface area (Å²) in [6, 6.07) is 18.7. The van der Waals surface area contributed by atoms with E-state index in [2.05, 4.69) is 47.8 Å². The van der Waals surface area contributed by atoms with E-state index in [1.54, 1.807) is 0 Å². The summed E-state index contributed by atoms with van der Waals surface area (Å²) >= 11 is 0. The van der Waals surface area contributed by atoms with E-state index >= 15 is 0 Å². The highest BCUT2D eigenvalue weighted by Gasteiger charge is 2.30. The SMILES string of the molecule is OC1(CNc2ccccc2-c2ccccc2)CCCC1. The van der Waals surface area contributed by atoms with Crippen LogP contribution in [0.1, 0.15) is 25.7 Å². The zero-order chi connectivity index (χ0) is 13.8. The second kappa shape index (κ2) is 5.68. The number of nitrogens with one attached hydrogen (secondary N) is 1. The normalized spacial score (nSPS) is 17.1. The van der Waals surface area contributed by atoms with Gasteiger partial charge in [0.1, 0.15) is 0 Å². The third kappa shape index (κ3) is 2.86. The molecule has 2 nitrogen and oxygen atoms in total. The van der Waals surface area contributed by atoms with E-state index in [9.17, 15) is 5.11 Å². The molecular formula is C18H21NO. The minimum atomic E-state index is -0.524. The molecule has 20 heavy (non-hydrogen) atoms. The Labute approximate surface area is 120 Å². The van der Waals surface area contributed by atoms with Crippen LogP contribution in [-0.4, -0.2) is 17.3 Å². The molecule has 0 heterocycles. The Hall–Kier alpha value is -1.80. The Bertz CT molecular complexity index is 559. The molecule has 0 atom stereocenters. The van der Waals surface area contributed by atoms with E-state index < -0.39 is 5.60 Å². The molecule has 2 heteroatoms. The van der Waals surface area contributed by atoms with Crippen molar-refractivity contribution in [3.05, 3.63) is 54.6 Å². The monoisotopic (exact) mass is 267 g/mol. The maximum absolute atomic E-state index is 10.5. The van der Waals surface area contributed by atoms with Crippen molar-refractivity contribution in [2.45, 2.75) is 31.3 Å². The number of anilines is 1. The summed E-state index contributed by atoms with van der Waals surface area (Å²) in [5.74, 6) is 0. The van der Waals surface area contributed by atoms with Crippen molar-refractivity contribution in [2.75, 3.05) is 11.9 Å². The summed E-state index contributed by atoms with van der Waals surface area (Å²) in [7, 11) is 0. The van der Waals surface area contributed by atoms with Crippen LogP contribution in [0.15, 0.2) is 54.6 Å². The first-order valence-electron chi connectivity index (χ1n) is 7.38. The van der Waals surface area contributed by atoms with Crippen molar-refractivity contribution in [1.29, 1.82) is 0 Å². The number of benzene rings is 2. The lowest BCUT2D eigenvalue weighted by atomic mass is 10.0. The van der Waals surface area contributed by atoms with Gasteiger partial charge in [-0.25, -0.2) is 0 Å². The van der Waals surface area contributed by atoms with E-state index in [0.29, 0.717) is 6.54 Å². The van der Waals surface area contributed by atoms with E-state index in [4.69, 9.17) is 0 Å². The molecule has 2 N–H and O–H groups in total. The fourth-order valence-corrected chi connectivity index (χ4v) is 2.98. The van der Waals surface area contributed by atoms with Gasteiger partial charge >= 0.3 is 0 Å². The van der Waals surface area contributed by atoms with Gasteiger partial charge in [-0.15, -0.1) is 0 Å². The second-order valence-corrected chi connectivity index (χ2v) is 5.70. The van der Waals surface area contributed by atoms with Gasteiger partial charge < -0.3 is 10.4 Å². The molecule has 2 aromatic rings. The van der Waals surface area contributed by atoms with Gasteiger partial charge in [-0.1, -0.05) is 61.4 Å². The van der Waals surface area contributed by atoms with Crippen LogP contribution in [-0.2, 0) is 0 Å². The number of para-hydroxylation sites is 1. The lowest BCUT2D eigenvalue weighted by Gasteiger charge is -2.24. The quantitative estimate of drug-likeness (QED) is 0.875. The molecule has 0 radical (unpaired) electrons. The number of hydrogen-bond donors (Lipinski definition) is 2. The highest BCUT2D eigenvalue weighted by atomic mass is 16.3. The molecule has 0 aromatic heterocycles. The first kappa shape index (κ1) is 13.2. The van der Waals surface area contributed by atoms with Gasteiger partial charge in [0.05, 0.1) is 5.60 Å². The minimum Gasteiger partial charge on any atom is -0.388 e. The minimum absolute atomic E-state index is 0.524. The van der Waals surface area contributed by atoms with Gasteiger partial charge in [-0.05, 0) is 24.5 Å². The fourth-order valence-electron chi connectivity index (χ4n) is 2.98. The lowest BCUT2D eigenvalue weighted by Crippen LogP contribution is -2.33. The van der Waals surface area contributed by atoms with Crippen LogP contribution < -0.4 is 5.32 Å². The van der Waals surface area contributed by atoms with E-state index in [1.807, 2.05) is 12.1 Å². The maximum Gasteiger partial charge on any atom is 0.0819 e. The summed E-state index contributed by atoms with van der Waals surface area (Å²) < 4.78 is 0. The first-order valence-corrected chi connectivity index (χ1v) is 7.38. The second-order valence-electron chi connectivity index (χ2n) is 5.70. The molecule has 1 aliphatic rings. The molecule has 0 aliphatic heterocycles. The summed E-state index contributed by atoms with van der Waals surface area (Å²) in [5.41, 5.74) is 2.96. The summed E-state index contributed by atoms with van der Waals surface area (Å²) in [5, 5.41) is 13.9. The Balaban J connectivity index is 1.80. The van der Waals surface area contributed by atoms with Crippen molar-refractivity contribution >= 4 is 5.69 Å². The van der Waals surface area contributed by atoms with Crippen molar-refractivity contribution in [2.24, 2.45) is 0 Å². The molecule has 0 bridgehead atoms. The van der Waals surface area contributed by atoms with Crippen molar-refractivity contribution in [3.63, 3.8) is 0 Å². The molecule has 0 spiro atoms. The first-order chi connectivity index (χ1) is 9.77. The topological polar surface area (TPSA) is 32.3 Å². The van der Waals surface area contributed by atoms with Gasteiger partial charge in [-0.2, -0.15) is 0 Å². The molecule has 2 aromatic carbocycles. The molecule has 0 saturated heterocycles. The average molecular weight is 267 g/mol. The number of hydrogen-bond acceptors (Lipinski definition) is 2. The average Bonchev–Trinajstić information content (AvgIpc) is 2.94. The molecule has 1 saturated carbocycles. The van der Waals surface area contributed by atoms with E-state index in [-0.39, 0.29) is 0 Å². The van der Waals surface area contributed by atoms with E-state index in [1.165, 1.54) is 11.1 Å². The van der Waals surface area contributed by atoms with E-state index in [0.717, 1.165) is 31.4 Å². The Morgan fingerprint density at radius 3 is 2.30 bits per heavy atom. The van der Waals surface area contributed by atoms with Crippen molar-refractivity contribution in [3.8, 4) is 11.1 Å². The van der Waals surface area contributed by atoms with Crippen molar-refractivity contribution in [1.82, 2.24) is 0 Å². The Morgan fingerprint density at radius 2 is 1.55 bits per heavy atom. The van der Waals surface area contributed by atoms with Gasteiger partial charge in [0, 0.05) is 17.8 Å². The van der Waals surface area contributed by atoms with Crippen molar-refractivity contribution < 1.29 is 5.11 Å². The van der Waals surface area contributed by atoms with Crippen LogP contribution >= 0.6 is 0 Å². The van der Waals surface area contributed by atoms with Crippen LogP contribution in [0, 0.1) is 0 Å². The third-order valence-corrected chi connectivity index (χ3v) is 4.15. The molecule has 104 valence electrons. The highest BCUT2D eigenvalue weighted by molar-refractivity contribution is 5.77. The summed E-state index contributed by atoms with van der Waals surface area (Å²) in [6.45, 7) is 0.636. The number of aliphatic hydroxyl groups is 1.